The average Bonchev–Trinajstić information content (AvgIpc) is 2.99. The Kier molecular flexibility index (Phi) is 10.9. The van der Waals surface area contributed by atoms with Crippen LogP contribution in [0.15, 0.2) is 42.6 Å². The largest absolute Gasteiger partial charge is 0.464 e. The molecule has 3 heterocycles. The first-order valence-electron chi connectivity index (χ1n) is 14.9. The van der Waals surface area contributed by atoms with Gasteiger partial charge in [0.2, 0.25) is 5.91 Å². The van der Waals surface area contributed by atoms with E-state index < -0.39 is 36.0 Å². The van der Waals surface area contributed by atoms with Crippen molar-refractivity contribution < 1.29 is 28.7 Å². The molecule has 0 aromatic carbocycles. The number of allylic oxidation sites excluding steroid dienone is 4. The summed E-state index contributed by atoms with van der Waals surface area (Å²) in [6.07, 6.45) is 16.4. The van der Waals surface area contributed by atoms with Gasteiger partial charge in [0.05, 0.1) is 19.1 Å². The molecule has 0 saturated carbocycles. The number of piperidine rings is 1. The number of nitrogens with zero attached hydrogens (tertiary/aromatic N) is 3. The number of ether oxygens (including phenoxy) is 2. The van der Waals surface area contributed by atoms with Crippen molar-refractivity contribution in [1.82, 2.24) is 14.8 Å². The molecule has 4 atom stereocenters. The minimum atomic E-state index is -0.995. The minimum absolute atomic E-state index is 0.148. The Hall–Kier alpha value is -3.69. The van der Waals surface area contributed by atoms with Crippen molar-refractivity contribution in [2.75, 3.05) is 31.6 Å². The van der Waals surface area contributed by atoms with E-state index in [0.29, 0.717) is 42.9 Å². The number of imide groups is 1. The van der Waals surface area contributed by atoms with Crippen molar-refractivity contribution in [3.05, 3.63) is 48.2 Å². The van der Waals surface area contributed by atoms with Gasteiger partial charge >= 0.3 is 18.1 Å². The third-order valence-electron chi connectivity index (χ3n) is 8.04. The van der Waals surface area contributed by atoms with Crippen LogP contribution in [-0.2, 0) is 25.5 Å². The molecule has 0 bridgehead atoms. The first kappa shape index (κ1) is 30.3. The number of carbonyl (C=O) groups is 4. The highest BCUT2D eigenvalue weighted by Gasteiger charge is 2.56. The minimum Gasteiger partial charge on any atom is -0.464 e. The SMILES string of the molecule is CCCCCCOC(=O)Nc1cc(C[C@H]2C(=O)N(C(=O)N3CCC[C@@H](C4C=CC=CC4)C3)[C@@H]2C(=O)OCC)ccn1. The zero-order valence-electron chi connectivity index (χ0n) is 24.1. The Morgan fingerprint density at radius 3 is 2.73 bits per heavy atom. The molecule has 0 spiro atoms. The highest BCUT2D eigenvalue weighted by molar-refractivity contribution is 6.08. The van der Waals surface area contributed by atoms with E-state index >= 15 is 0 Å². The first-order valence-corrected chi connectivity index (χ1v) is 14.9. The summed E-state index contributed by atoms with van der Waals surface area (Å²) in [6.45, 7) is 5.41. The predicted molar refractivity (Wildman–Crippen MR) is 154 cm³/mol. The van der Waals surface area contributed by atoms with Crippen molar-refractivity contribution in [2.45, 2.75) is 71.3 Å². The highest BCUT2D eigenvalue weighted by atomic mass is 16.5. The number of carbonyl (C=O) groups excluding carboxylic acids is 4. The van der Waals surface area contributed by atoms with Crippen molar-refractivity contribution in [2.24, 2.45) is 17.8 Å². The fraction of sp³-hybridized carbons (Fsp3) is 0.581. The molecule has 1 aromatic rings. The summed E-state index contributed by atoms with van der Waals surface area (Å²) in [5.41, 5.74) is 0.702. The molecule has 4 amide bonds. The topological polar surface area (TPSA) is 118 Å². The molecular formula is C31H42N4O6. The number of amides is 4. The van der Waals surface area contributed by atoms with E-state index in [2.05, 4.69) is 29.4 Å². The van der Waals surface area contributed by atoms with Gasteiger partial charge in [-0.1, -0.05) is 50.5 Å². The third kappa shape index (κ3) is 7.74. The van der Waals surface area contributed by atoms with Crippen LogP contribution in [-0.4, -0.2) is 71.1 Å². The lowest BCUT2D eigenvalue weighted by molar-refractivity contribution is -0.170. The van der Waals surface area contributed by atoms with Crippen LogP contribution in [0.3, 0.4) is 0 Å². The number of aromatic nitrogens is 1. The summed E-state index contributed by atoms with van der Waals surface area (Å²) < 4.78 is 10.5. The third-order valence-corrected chi connectivity index (χ3v) is 8.04. The number of hydrogen-bond acceptors (Lipinski definition) is 7. The van der Waals surface area contributed by atoms with Crippen molar-refractivity contribution in [1.29, 1.82) is 0 Å². The van der Waals surface area contributed by atoms with E-state index in [0.717, 1.165) is 49.8 Å². The highest BCUT2D eigenvalue weighted by Crippen LogP contribution is 2.35. The number of hydrogen-bond donors (Lipinski definition) is 1. The summed E-state index contributed by atoms with van der Waals surface area (Å²) in [6, 6.07) is 1.95. The molecule has 1 N–H and O–H groups in total. The van der Waals surface area contributed by atoms with Gasteiger partial charge in [-0.15, -0.1) is 0 Å². The summed E-state index contributed by atoms with van der Waals surface area (Å²) in [4.78, 5) is 59.0. The second kappa shape index (κ2) is 14.8. The number of pyridine rings is 1. The molecule has 2 saturated heterocycles. The van der Waals surface area contributed by atoms with E-state index in [1.807, 2.05) is 12.2 Å². The normalized spacial score (nSPS) is 23.6. The molecule has 2 fully saturated rings. The lowest BCUT2D eigenvalue weighted by atomic mass is 9.81. The Balaban J connectivity index is 1.38. The summed E-state index contributed by atoms with van der Waals surface area (Å²) in [7, 11) is 0. The number of anilines is 1. The number of nitrogens with one attached hydrogen (secondary N) is 1. The van der Waals surface area contributed by atoms with E-state index in [1.54, 1.807) is 24.0 Å². The lowest BCUT2D eigenvalue weighted by Crippen LogP contribution is -2.69. The van der Waals surface area contributed by atoms with Gasteiger partial charge in [0.25, 0.3) is 0 Å². The van der Waals surface area contributed by atoms with Crippen molar-refractivity contribution >= 4 is 29.8 Å². The second-order valence-electron chi connectivity index (χ2n) is 10.9. The second-order valence-corrected chi connectivity index (χ2v) is 10.9. The molecule has 1 aliphatic carbocycles. The van der Waals surface area contributed by atoms with Crippen LogP contribution in [0.25, 0.3) is 0 Å². The standard InChI is InChI=1S/C31H42N4O6/c1-3-5-6-10-18-41-30(38)33-26-20-22(15-16-32-26)19-25-27(29(37)40-4-2)35(28(25)36)31(39)34-17-11-14-24(21-34)23-12-8-7-9-13-23/h7-9,12,15-16,20,23-25,27H,3-6,10-11,13-14,17-19,21H2,1-2H3,(H,32,33,38)/t23?,24-,25-,27+/m1/s1. The molecule has 3 aliphatic rings. The predicted octanol–water partition coefficient (Wildman–Crippen LogP) is 5.11. The lowest BCUT2D eigenvalue weighted by Gasteiger charge is -2.47. The van der Waals surface area contributed by atoms with Crippen LogP contribution < -0.4 is 5.32 Å². The number of urea groups is 1. The van der Waals surface area contributed by atoms with Gasteiger partial charge in [-0.3, -0.25) is 10.1 Å². The Bertz CT molecular complexity index is 1150. The van der Waals surface area contributed by atoms with Crippen LogP contribution in [0.2, 0.25) is 0 Å². The van der Waals surface area contributed by atoms with E-state index in [4.69, 9.17) is 9.47 Å². The Morgan fingerprint density at radius 2 is 1.98 bits per heavy atom. The molecule has 4 rings (SSSR count). The summed E-state index contributed by atoms with van der Waals surface area (Å²) in [5, 5.41) is 2.62. The van der Waals surface area contributed by atoms with Gasteiger partial charge in [0.1, 0.15) is 5.82 Å². The zero-order chi connectivity index (χ0) is 29.2. The van der Waals surface area contributed by atoms with Crippen molar-refractivity contribution in [3.8, 4) is 0 Å². The van der Waals surface area contributed by atoms with E-state index in [9.17, 15) is 19.2 Å². The first-order chi connectivity index (χ1) is 19.9. The van der Waals surface area contributed by atoms with Gasteiger partial charge in [-0.05, 0) is 68.6 Å². The molecule has 10 nitrogen and oxygen atoms in total. The molecule has 0 radical (unpaired) electrons. The summed E-state index contributed by atoms with van der Waals surface area (Å²) in [5.74, 6) is -0.755. The van der Waals surface area contributed by atoms with Crippen LogP contribution in [0.5, 0.6) is 0 Å². The number of rotatable bonds is 11. The molecule has 41 heavy (non-hydrogen) atoms. The fourth-order valence-electron chi connectivity index (χ4n) is 5.85. The molecular weight excluding hydrogens is 524 g/mol. The van der Waals surface area contributed by atoms with Crippen LogP contribution in [0.4, 0.5) is 15.4 Å². The van der Waals surface area contributed by atoms with Gasteiger partial charge in [0, 0.05) is 19.3 Å². The smallest absolute Gasteiger partial charge is 0.412 e. The molecule has 222 valence electrons. The summed E-state index contributed by atoms with van der Waals surface area (Å²) >= 11 is 0. The van der Waals surface area contributed by atoms with Crippen LogP contribution in [0, 0.1) is 17.8 Å². The number of β-lactam (4-membered cyclic amide) rings is 1. The molecule has 10 heteroatoms. The average molecular weight is 567 g/mol. The maximum Gasteiger partial charge on any atom is 0.412 e. The van der Waals surface area contributed by atoms with E-state index in [1.165, 1.54) is 6.20 Å². The van der Waals surface area contributed by atoms with Gasteiger partial charge in [-0.25, -0.2) is 24.3 Å². The van der Waals surface area contributed by atoms with Gasteiger partial charge in [-0.2, -0.15) is 0 Å². The van der Waals surface area contributed by atoms with Gasteiger partial charge in [0.15, 0.2) is 6.04 Å². The number of unbranched alkanes of at least 4 members (excludes halogenated alkanes) is 3. The van der Waals surface area contributed by atoms with Gasteiger partial charge < -0.3 is 14.4 Å². The molecule has 1 aromatic heterocycles. The molecule has 2 aliphatic heterocycles. The quantitative estimate of drug-likeness (QED) is 0.225. The fourth-order valence-corrected chi connectivity index (χ4v) is 5.85. The van der Waals surface area contributed by atoms with Crippen LogP contribution in [0.1, 0.15) is 64.4 Å². The molecule has 1 unspecified atom stereocenters. The number of likely N-dealkylation sites (tertiary alicyclic amines) is 2. The van der Waals surface area contributed by atoms with Crippen molar-refractivity contribution in [3.63, 3.8) is 0 Å². The zero-order valence-corrected chi connectivity index (χ0v) is 24.1. The number of esters is 1. The Labute approximate surface area is 242 Å². The van der Waals surface area contributed by atoms with E-state index in [-0.39, 0.29) is 13.0 Å². The monoisotopic (exact) mass is 566 g/mol. The van der Waals surface area contributed by atoms with Crippen LogP contribution >= 0.6 is 0 Å². The maximum absolute atomic E-state index is 13.6. The Morgan fingerprint density at radius 1 is 1.12 bits per heavy atom. The maximum atomic E-state index is 13.6.